The SMILES string of the molecule is COc1ccc(OC[C@H](C)NCCCF)cc1[C@@H]1c2[nH]c3ccccc3c2C[C@@H](O)N1CC(F)(F)CO. The number of halogens is 3. The Hall–Kier alpha value is -2.79. The van der Waals surface area contributed by atoms with E-state index in [9.17, 15) is 23.4 Å². The maximum absolute atomic E-state index is 14.5. The van der Waals surface area contributed by atoms with Crippen molar-refractivity contribution in [3.8, 4) is 11.5 Å². The summed E-state index contributed by atoms with van der Waals surface area (Å²) in [6, 6.07) is 11.9. The molecule has 2 heterocycles. The van der Waals surface area contributed by atoms with Crippen LogP contribution in [0.15, 0.2) is 42.5 Å². The molecular formula is C27H34F3N3O4. The van der Waals surface area contributed by atoms with Crippen molar-refractivity contribution in [2.75, 3.05) is 40.1 Å². The van der Waals surface area contributed by atoms with Crippen molar-refractivity contribution in [1.29, 1.82) is 0 Å². The number of benzene rings is 2. The first kappa shape index (κ1) is 27.3. The van der Waals surface area contributed by atoms with Crippen molar-refractivity contribution >= 4 is 10.9 Å². The molecule has 3 atom stereocenters. The molecule has 0 aliphatic carbocycles. The zero-order valence-corrected chi connectivity index (χ0v) is 21.0. The number of nitrogens with zero attached hydrogens (tertiary/aromatic N) is 1. The van der Waals surface area contributed by atoms with Crippen LogP contribution in [-0.4, -0.2) is 78.4 Å². The molecule has 202 valence electrons. The van der Waals surface area contributed by atoms with E-state index in [0.29, 0.717) is 42.3 Å². The highest BCUT2D eigenvalue weighted by atomic mass is 19.3. The molecule has 7 nitrogen and oxygen atoms in total. The fourth-order valence-electron chi connectivity index (χ4n) is 4.87. The van der Waals surface area contributed by atoms with E-state index in [2.05, 4.69) is 10.3 Å². The fourth-order valence-corrected chi connectivity index (χ4v) is 4.87. The molecule has 0 spiro atoms. The maximum atomic E-state index is 14.5. The molecule has 0 saturated heterocycles. The summed E-state index contributed by atoms with van der Waals surface area (Å²) in [4.78, 5) is 4.66. The number of ether oxygens (including phenoxy) is 2. The lowest BCUT2D eigenvalue weighted by atomic mass is 9.90. The average molecular weight is 522 g/mol. The van der Waals surface area contributed by atoms with Gasteiger partial charge < -0.3 is 30.0 Å². The van der Waals surface area contributed by atoms with Crippen LogP contribution in [0, 0.1) is 0 Å². The molecule has 1 aliphatic rings. The first-order valence-corrected chi connectivity index (χ1v) is 12.4. The Morgan fingerprint density at radius 3 is 2.76 bits per heavy atom. The minimum Gasteiger partial charge on any atom is -0.496 e. The number of nitrogens with one attached hydrogen (secondary N) is 2. The van der Waals surface area contributed by atoms with E-state index in [1.54, 1.807) is 18.2 Å². The summed E-state index contributed by atoms with van der Waals surface area (Å²) in [6.45, 7) is 0.193. The van der Waals surface area contributed by atoms with Crippen LogP contribution in [0.4, 0.5) is 13.2 Å². The normalized spacial score (nSPS) is 19.1. The summed E-state index contributed by atoms with van der Waals surface area (Å²) >= 11 is 0. The van der Waals surface area contributed by atoms with E-state index < -0.39 is 38.0 Å². The predicted octanol–water partition coefficient (Wildman–Crippen LogP) is 3.79. The van der Waals surface area contributed by atoms with Crippen LogP contribution in [0.3, 0.4) is 0 Å². The molecule has 0 bridgehead atoms. The van der Waals surface area contributed by atoms with Gasteiger partial charge >= 0.3 is 0 Å². The Kier molecular flexibility index (Phi) is 8.63. The van der Waals surface area contributed by atoms with Gasteiger partial charge in [-0.1, -0.05) is 18.2 Å². The maximum Gasteiger partial charge on any atom is 0.283 e. The zero-order valence-electron chi connectivity index (χ0n) is 21.0. The van der Waals surface area contributed by atoms with E-state index in [1.807, 2.05) is 31.2 Å². The van der Waals surface area contributed by atoms with Crippen LogP contribution in [0.1, 0.15) is 36.2 Å². The van der Waals surface area contributed by atoms with Gasteiger partial charge in [0.05, 0.1) is 26.4 Å². The fraction of sp³-hybridized carbons (Fsp3) is 0.481. The standard InChI is InChI=1S/C27H34F3N3O4/c1-17(31-11-5-10-28)14-37-18-8-9-23(36-2)21(12-18)26-25-20(19-6-3-4-7-22(19)32-25)13-24(35)33(26)15-27(29,30)16-34/h3-4,6-9,12,17,24,26,31-32,34-35H,5,10-11,13-16H2,1-2H3/t17-,24+,26+/m0/s1. The molecule has 0 fully saturated rings. The molecule has 0 radical (unpaired) electrons. The lowest BCUT2D eigenvalue weighted by Gasteiger charge is -2.41. The Bertz CT molecular complexity index is 1190. The highest BCUT2D eigenvalue weighted by molar-refractivity contribution is 5.85. The summed E-state index contributed by atoms with van der Waals surface area (Å²) in [5.74, 6) is -2.48. The number of rotatable bonds is 12. The zero-order chi connectivity index (χ0) is 26.6. The topological polar surface area (TPSA) is 90.0 Å². The van der Waals surface area contributed by atoms with E-state index in [4.69, 9.17) is 9.47 Å². The summed E-state index contributed by atoms with van der Waals surface area (Å²) < 4.78 is 52.9. The van der Waals surface area contributed by atoms with Gasteiger partial charge in [-0.05, 0) is 49.7 Å². The van der Waals surface area contributed by atoms with Crippen LogP contribution in [-0.2, 0) is 6.42 Å². The Morgan fingerprint density at radius 1 is 1.24 bits per heavy atom. The van der Waals surface area contributed by atoms with Crippen molar-refractivity contribution in [2.24, 2.45) is 0 Å². The molecule has 1 aliphatic heterocycles. The van der Waals surface area contributed by atoms with Crippen molar-refractivity contribution in [3.05, 3.63) is 59.3 Å². The summed E-state index contributed by atoms with van der Waals surface area (Å²) in [5.41, 5.74) is 2.89. The molecule has 1 aromatic heterocycles. The molecule has 2 aromatic carbocycles. The molecule has 0 unspecified atom stereocenters. The summed E-state index contributed by atoms with van der Waals surface area (Å²) in [7, 11) is 1.49. The number of alkyl halides is 3. The number of aliphatic hydroxyl groups excluding tert-OH is 2. The van der Waals surface area contributed by atoms with Crippen molar-refractivity contribution in [3.63, 3.8) is 0 Å². The molecule has 4 rings (SSSR count). The lowest BCUT2D eigenvalue weighted by molar-refractivity contribution is -0.120. The predicted molar refractivity (Wildman–Crippen MR) is 135 cm³/mol. The van der Waals surface area contributed by atoms with Gasteiger partial charge in [0.25, 0.3) is 5.92 Å². The molecular weight excluding hydrogens is 487 g/mol. The number of hydrogen-bond donors (Lipinski definition) is 4. The first-order chi connectivity index (χ1) is 17.8. The molecule has 0 saturated carbocycles. The molecule has 4 N–H and O–H groups in total. The Balaban J connectivity index is 1.74. The highest BCUT2D eigenvalue weighted by Crippen LogP contribution is 2.44. The van der Waals surface area contributed by atoms with Gasteiger partial charge in [-0.2, -0.15) is 0 Å². The third kappa shape index (κ3) is 6.04. The van der Waals surface area contributed by atoms with Gasteiger partial charge in [-0.3, -0.25) is 9.29 Å². The van der Waals surface area contributed by atoms with E-state index in [1.165, 1.54) is 12.0 Å². The number of fused-ring (bicyclic) bond motifs is 3. The third-order valence-electron chi connectivity index (χ3n) is 6.67. The van der Waals surface area contributed by atoms with Crippen LogP contribution >= 0.6 is 0 Å². The van der Waals surface area contributed by atoms with Crippen LogP contribution in [0.5, 0.6) is 11.5 Å². The average Bonchev–Trinajstić information content (AvgIpc) is 3.25. The monoisotopic (exact) mass is 521 g/mol. The first-order valence-electron chi connectivity index (χ1n) is 12.4. The Labute approximate surface area is 214 Å². The van der Waals surface area contributed by atoms with Crippen molar-refractivity contribution < 1.29 is 32.9 Å². The number of aromatic nitrogens is 1. The second-order valence-electron chi connectivity index (χ2n) is 9.45. The van der Waals surface area contributed by atoms with Crippen molar-refractivity contribution in [2.45, 2.75) is 44.0 Å². The van der Waals surface area contributed by atoms with Gasteiger partial charge in [0.15, 0.2) is 0 Å². The number of hydrogen-bond acceptors (Lipinski definition) is 6. The van der Waals surface area contributed by atoms with Crippen LogP contribution in [0.2, 0.25) is 0 Å². The lowest BCUT2D eigenvalue weighted by Crippen LogP contribution is -2.50. The number of aliphatic hydroxyl groups is 2. The van der Waals surface area contributed by atoms with Crippen molar-refractivity contribution in [1.82, 2.24) is 15.2 Å². The molecule has 37 heavy (non-hydrogen) atoms. The number of para-hydroxylation sites is 1. The number of H-pyrrole nitrogens is 1. The molecule has 10 heteroatoms. The van der Waals surface area contributed by atoms with Gasteiger partial charge in [0.1, 0.15) is 30.9 Å². The van der Waals surface area contributed by atoms with E-state index in [0.717, 1.165) is 16.5 Å². The van der Waals surface area contributed by atoms with Gasteiger partial charge in [-0.25, -0.2) is 8.78 Å². The van der Waals surface area contributed by atoms with E-state index >= 15 is 0 Å². The van der Waals surface area contributed by atoms with Gasteiger partial charge in [0, 0.05) is 34.6 Å². The van der Waals surface area contributed by atoms with Crippen LogP contribution in [0.25, 0.3) is 10.9 Å². The second kappa shape index (κ2) is 11.7. The minimum atomic E-state index is -3.43. The second-order valence-corrected chi connectivity index (χ2v) is 9.45. The van der Waals surface area contributed by atoms with Crippen LogP contribution < -0.4 is 14.8 Å². The van der Waals surface area contributed by atoms with Gasteiger partial charge in [-0.15, -0.1) is 0 Å². The smallest absolute Gasteiger partial charge is 0.283 e. The summed E-state index contributed by atoms with van der Waals surface area (Å²) in [5, 5.41) is 24.5. The molecule has 0 amide bonds. The number of methoxy groups -OCH3 is 1. The summed E-state index contributed by atoms with van der Waals surface area (Å²) in [6.07, 6.45) is -0.650. The Morgan fingerprint density at radius 2 is 2.03 bits per heavy atom. The molecule has 3 aromatic rings. The quantitative estimate of drug-likeness (QED) is 0.271. The van der Waals surface area contributed by atoms with Gasteiger partial charge in [0.2, 0.25) is 0 Å². The minimum absolute atomic E-state index is 0.0337. The largest absolute Gasteiger partial charge is 0.496 e. The number of aromatic amines is 1. The van der Waals surface area contributed by atoms with E-state index in [-0.39, 0.29) is 12.5 Å². The third-order valence-corrected chi connectivity index (χ3v) is 6.67. The highest BCUT2D eigenvalue weighted by Gasteiger charge is 2.43.